The van der Waals surface area contributed by atoms with Crippen molar-refractivity contribution in [2.45, 2.75) is 93.8 Å². The van der Waals surface area contributed by atoms with Crippen LogP contribution in [-0.2, 0) is 29.3 Å². The summed E-state index contributed by atoms with van der Waals surface area (Å²) in [6, 6.07) is 24.9. The summed E-state index contributed by atoms with van der Waals surface area (Å²) in [6.45, 7) is 1.50. The number of methoxy groups -OCH3 is 2. The predicted molar refractivity (Wildman–Crippen MR) is 227 cm³/mol. The fourth-order valence-electron chi connectivity index (χ4n) is 10.2. The number of benzene rings is 3. The Labute approximate surface area is 356 Å². The van der Waals surface area contributed by atoms with E-state index in [1.54, 1.807) is 9.80 Å². The van der Waals surface area contributed by atoms with Gasteiger partial charge in [0.2, 0.25) is 11.8 Å². The molecule has 2 aliphatic heterocycles. The molecule has 0 spiro atoms. The van der Waals surface area contributed by atoms with E-state index in [0.717, 1.165) is 75.5 Å². The van der Waals surface area contributed by atoms with E-state index < -0.39 is 29.7 Å². The van der Waals surface area contributed by atoms with Crippen LogP contribution in [-0.4, -0.2) is 89.6 Å². The summed E-state index contributed by atoms with van der Waals surface area (Å²) in [5.74, 6) is 0.372. The third kappa shape index (κ3) is 8.44. The number of aromatic nitrogens is 2. The molecule has 4 aromatic rings. The molecule has 0 radical (unpaired) electrons. The third-order valence-electron chi connectivity index (χ3n) is 13.8. The minimum Gasteiger partial charge on any atom is -0.453 e. The van der Waals surface area contributed by atoms with Crippen molar-refractivity contribution in [1.82, 2.24) is 35.7 Å². The topological polar surface area (TPSA) is 175 Å². The van der Waals surface area contributed by atoms with Gasteiger partial charge in [0, 0.05) is 31.1 Å². The quantitative estimate of drug-likeness (QED) is 0.123. The molecule has 9 rings (SSSR count). The van der Waals surface area contributed by atoms with E-state index in [-0.39, 0.29) is 35.2 Å². The highest BCUT2D eigenvalue weighted by atomic mass is 16.5. The van der Waals surface area contributed by atoms with E-state index in [1.165, 1.54) is 19.8 Å². The van der Waals surface area contributed by atoms with Gasteiger partial charge in [-0.05, 0) is 91.9 Å². The lowest BCUT2D eigenvalue weighted by molar-refractivity contribution is -0.139. The van der Waals surface area contributed by atoms with Crippen LogP contribution in [0.1, 0.15) is 105 Å². The van der Waals surface area contributed by atoms with E-state index >= 15 is 0 Å². The number of hydrogen-bond donors (Lipinski definition) is 4. The fraction of sp³-hybridized carbons (Fsp3) is 0.447. The van der Waals surface area contributed by atoms with Crippen molar-refractivity contribution in [2.24, 2.45) is 5.41 Å². The second-order valence-corrected chi connectivity index (χ2v) is 17.0. The van der Waals surface area contributed by atoms with E-state index in [9.17, 15) is 24.0 Å². The molecule has 61 heavy (non-hydrogen) atoms. The number of nitrogens with one attached hydrogen (secondary N) is 4. The molecule has 14 heteroatoms. The summed E-state index contributed by atoms with van der Waals surface area (Å²) >= 11 is 0. The molecule has 3 heterocycles. The number of hydrogen-bond acceptors (Lipinski definition) is 8. The maximum absolute atomic E-state index is 14.0. The lowest BCUT2D eigenvalue weighted by Crippen LogP contribution is -2.54. The van der Waals surface area contributed by atoms with Crippen LogP contribution in [0.4, 0.5) is 9.59 Å². The van der Waals surface area contributed by atoms with Crippen LogP contribution in [0, 0.1) is 5.41 Å². The molecule has 4 N–H and O–H groups in total. The van der Waals surface area contributed by atoms with Gasteiger partial charge in [-0.25, -0.2) is 14.6 Å². The summed E-state index contributed by atoms with van der Waals surface area (Å²) in [7, 11) is 2.56. The number of carbonyl (C=O) groups is 5. The highest BCUT2D eigenvalue weighted by Crippen LogP contribution is 2.58. The number of alkyl carbamates (subject to hydrolysis) is 2. The van der Waals surface area contributed by atoms with Gasteiger partial charge in [0.15, 0.2) is 0 Å². The zero-order valence-corrected chi connectivity index (χ0v) is 34.9. The maximum Gasteiger partial charge on any atom is 0.407 e. The molecule has 3 saturated carbocycles. The van der Waals surface area contributed by atoms with Gasteiger partial charge in [0.25, 0.3) is 5.91 Å². The molecular weight excluding hydrogens is 775 g/mol. The largest absolute Gasteiger partial charge is 0.453 e. The van der Waals surface area contributed by atoms with Gasteiger partial charge in [0.05, 0.1) is 32.2 Å². The number of aromatic amines is 1. The average Bonchev–Trinajstić information content (AvgIpc) is 4.12. The standard InChI is InChI=1S/C47H55N7O7/c1-60-44(58)51-38(32-11-5-3-6-12-32)41(55)53-27-9-15-35(53)29-49-43(57)47-24-21-46(22-25-47,23-26-47)34-19-17-31(18-20-34)36-30-48-40(50-36)37-16-10-28-54(37)42(56)39(52-45(59)61-2)33-13-7-4-8-14-33/h3-8,11-14,17-20,30,35,37-39H,9-10,15-16,21-29H2,1-2H3,(H,48,50)(H,49,57)(H,51,58)(H,52,59). The Morgan fingerprint density at radius 1 is 0.721 bits per heavy atom. The molecular formula is C47H55N7O7. The smallest absolute Gasteiger partial charge is 0.407 e. The van der Waals surface area contributed by atoms with Crippen molar-refractivity contribution < 1.29 is 33.4 Å². The Bertz CT molecular complexity index is 2190. The van der Waals surface area contributed by atoms with Gasteiger partial charge in [-0.15, -0.1) is 0 Å². The molecule has 4 unspecified atom stereocenters. The molecule has 3 aliphatic carbocycles. The normalized spacial score (nSPS) is 24.1. The van der Waals surface area contributed by atoms with Crippen LogP contribution < -0.4 is 16.0 Å². The van der Waals surface area contributed by atoms with Crippen molar-refractivity contribution in [3.8, 4) is 11.3 Å². The van der Waals surface area contributed by atoms with Crippen LogP contribution in [0.3, 0.4) is 0 Å². The van der Waals surface area contributed by atoms with Gasteiger partial charge in [-0.2, -0.15) is 0 Å². The van der Waals surface area contributed by atoms with Gasteiger partial charge < -0.3 is 40.2 Å². The summed E-state index contributed by atoms with van der Waals surface area (Å²) in [6.07, 6.45) is 8.89. The van der Waals surface area contributed by atoms with Crippen LogP contribution in [0.5, 0.6) is 0 Å². The van der Waals surface area contributed by atoms with E-state index in [0.29, 0.717) is 36.6 Å². The Morgan fingerprint density at radius 2 is 1.26 bits per heavy atom. The highest BCUT2D eigenvalue weighted by molar-refractivity contribution is 5.88. The van der Waals surface area contributed by atoms with Crippen molar-refractivity contribution in [3.05, 3.63) is 114 Å². The van der Waals surface area contributed by atoms with E-state index in [2.05, 4.69) is 45.2 Å². The number of carbonyl (C=O) groups excluding carboxylic acids is 5. The van der Waals surface area contributed by atoms with Crippen LogP contribution in [0.15, 0.2) is 91.1 Å². The number of nitrogens with zero attached hydrogens (tertiary/aromatic N) is 3. The second kappa shape index (κ2) is 17.8. The molecule has 2 bridgehead atoms. The molecule has 5 amide bonds. The number of rotatable bonds is 12. The fourth-order valence-corrected chi connectivity index (χ4v) is 10.2. The highest BCUT2D eigenvalue weighted by Gasteiger charge is 2.53. The summed E-state index contributed by atoms with van der Waals surface area (Å²) in [5, 5.41) is 8.69. The van der Waals surface area contributed by atoms with Gasteiger partial charge in [-0.1, -0.05) is 84.9 Å². The monoisotopic (exact) mass is 829 g/mol. The summed E-state index contributed by atoms with van der Waals surface area (Å²) in [4.78, 5) is 78.0. The number of H-pyrrole nitrogens is 1. The molecule has 2 saturated heterocycles. The Hall–Kier alpha value is -6.18. The molecule has 320 valence electrons. The Morgan fingerprint density at radius 3 is 1.84 bits per heavy atom. The SMILES string of the molecule is COC(=O)NC(C(=O)N1CCCC1CNC(=O)C12CCC(c3ccc(-c4cnc(C5CCCN5C(=O)C(NC(=O)OC)c5ccccc5)[nH]4)cc3)(CC1)CC2)c1ccccc1. The number of amides is 5. The van der Waals surface area contributed by atoms with Crippen LogP contribution >= 0.6 is 0 Å². The van der Waals surface area contributed by atoms with Crippen LogP contribution in [0.25, 0.3) is 11.3 Å². The summed E-state index contributed by atoms with van der Waals surface area (Å²) < 4.78 is 9.66. The first-order valence-corrected chi connectivity index (χ1v) is 21.5. The van der Waals surface area contributed by atoms with Crippen molar-refractivity contribution in [1.29, 1.82) is 0 Å². The molecule has 5 aliphatic rings. The average molecular weight is 830 g/mol. The molecule has 3 aromatic carbocycles. The molecule has 14 nitrogen and oxygen atoms in total. The van der Waals surface area contributed by atoms with Crippen molar-refractivity contribution in [3.63, 3.8) is 0 Å². The number of ether oxygens (including phenoxy) is 2. The molecule has 4 atom stereocenters. The predicted octanol–water partition coefficient (Wildman–Crippen LogP) is 6.63. The number of imidazole rings is 1. The second-order valence-electron chi connectivity index (χ2n) is 17.0. The van der Waals surface area contributed by atoms with Crippen molar-refractivity contribution in [2.75, 3.05) is 33.9 Å². The first-order valence-electron chi connectivity index (χ1n) is 21.5. The lowest BCUT2D eigenvalue weighted by atomic mass is 9.51. The minimum atomic E-state index is -0.882. The third-order valence-corrected chi connectivity index (χ3v) is 13.8. The first kappa shape index (κ1) is 41.5. The summed E-state index contributed by atoms with van der Waals surface area (Å²) in [5.41, 5.74) is 4.12. The number of fused-ring (bicyclic) bond motifs is 3. The van der Waals surface area contributed by atoms with Gasteiger partial charge in [-0.3, -0.25) is 14.4 Å². The lowest BCUT2D eigenvalue weighted by Gasteiger charge is -2.53. The molecule has 1 aromatic heterocycles. The first-order chi connectivity index (χ1) is 29.6. The minimum absolute atomic E-state index is 0.0195. The van der Waals surface area contributed by atoms with Gasteiger partial charge in [0.1, 0.15) is 17.9 Å². The Balaban J connectivity index is 0.876. The zero-order valence-electron chi connectivity index (χ0n) is 34.9. The van der Waals surface area contributed by atoms with Crippen LogP contribution in [0.2, 0.25) is 0 Å². The van der Waals surface area contributed by atoms with E-state index in [1.807, 2.05) is 66.9 Å². The number of likely N-dealkylation sites (tertiary alicyclic amines) is 2. The Kier molecular flexibility index (Phi) is 12.1. The van der Waals surface area contributed by atoms with Gasteiger partial charge >= 0.3 is 12.2 Å². The van der Waals surface area contributed by atoms with E-state index in [4.69, 9.17) is 14.5 Å². The molecule has 5 fully saturated rings. The maximum atomic E-state index is 14.0. The zero-order chi connectivity index (χ0) is 42.6. The van der Waals surface area contributed by atoms with Crippen molar-refractivity contribution >= 4 is 29.9 Å².